The Hall–Kier alpha value is -1.00. The summed E-state index contributed by atoms with van der Waals surface area (Å²) in [5, 5.41) is 10.7. The number of fused-ring (bicyclic) bond motifs is 2. The van der Waals surface area contributed by atoms with Crippen molar-refractivity contribution in [1.29, 1.82) is 0 Å². The van der Waals surface area contributed by atoms with Crippen molar-refractivity contribution in [3.63, 3.8) is 0 Å². The summed E-state index contributed by atoms with van der Waals surface area (Å²) in [6.07, 6.45) is 2.83. The molecular formula is C14H17F2NO. The van der Waals surface area contributed by atoms with Gasteiger partial charge in [-0.1, -0.05) is 6.07 Å². The first-order chi connectivity index (χ1) is 8.51. The third kappa shape index (κ3) is 1.67. The second-order valence-electron chi connectivity index (χ2n) is 5.59. The molecule has 4 heteroatoms. The Morgan fingerprint density at radius 1 is 1.17 bits per heavy atom. The highest BCUT2D eigenvalue weighted by Crippen LogP contribution is 2.46. The van der Waals surface area contributed by atoms with Gasteiger partial charge in [-0.2, -0.15) is 0 Å². The fourth-order valence-electron chi connectivity index (χ4n) is 3.59. The first kappa shape index (κ1) is 12.1. The first-order valence-electron chi connectivity index (χ1n) is 6.40. The lowest BCUT2D eigenvalue weighted by Crippen LogP contribution is -2.48. The lowest BCUT2D eigenvalue weighted by molar-refractivity contribution is -0.0539. The maximum absolute atomic E-state index is 13.8. The second-order valence-corrected chi connectivity index (χ2v) is 5.59. The number of hydrogen-bond acceptors (Lipinski definition) is 2. The van der Waals surface area contributed by atoms with Gasteiger partial charge in [-0.15, -0.1) is 0 Å². The van der Waals surface area contributed by atoms with Crippen LogP contribution in [-0.4, -0.2) is 29.1 Å². The van der Waals surface area contributed by atoms with E-state index in [9.17, 15) is 13.9 Å². The Balaban J connectivity index is 2.01. The zero-order chi connectivity index (χ0) is 12.9. The Labute approximate surface area is 105 Å². The maximum Gasteiger partial charge on any atom is 0.132 e. The lowest BCUT2D eigenvalue weighted by Gasteiger charge is -2.42. The molecule has 2 unspecified atom stereocenters. The van der Waals surface area contributed by atoms with E-state index < -0.39 is 17.2 Å². The highest BCUT2D eigenvalue weighted by Gasteiger charge is 2.48. The summed E-state index contributed by atoms with van der Waals surface area (Å²) in [7, 11) is 2.03. The van der Waals surface area contributed by atoms with E-state index in [2.05, 4.69) is 4.90 Å². The van der Waals surface area contributed by atoms with Crippen molar-refractivity contribution in [2.75, 3.05) is 7.05 Å². The molecule has 0 saturated carbocycles. The van der Waals surface area contributed by atoms with Gasteiger partial charge in [-0.25, -0.2) is 8.78 Å². The summed E-state index contributed by atoms with van der Waals surface area (Å²) in [5.74, 6) is -1.28. The maximum atomic E-state index is 13.8. The van der Waals surface area contributed by atoms with Crippen LogP contribution >= 0.6 is 0 Å². The number of benzene rings is 1. The number of halogens is 2. The molecule has 1 aromatic rings. The van der Waals surface area contributed by atoms with Gasteiger partial charge >= 0.3 is 0 Å². The van der Waals surface area contributed by atoms with E-state index in [-0.39, 0.29) is 17.6 Å². The SMILES string of the molecule is CN1C2CCC1CC(O)(c1c(F)cccc1F)C2. The summed E-state index contributed by atoms with van der Waals surface area (Å²) in [4.78, 5) is 2.23. The Morgan fingerprint density at radius 3 is 2.17 bits per heavy atom. The van der Waals surface area contributed by atoms with E-state index in [1.165, 1.54) is 18.2 Å². The molecule has 2 aliphatic rings. The van der Waals surface area contributed by atoms with Crippen LogP contribution in [0.25, 0.3) is 0 Å². The van der Waals surface area contributed by atoms with Crippen molar-refractivity contribution in [2.24, 2.45) is 0 Å². The average molecular weight is 253 g/mol. The number of hydrogen-bond donors (Lipinski definition) is 1. The van der Waals surface area contributed by atoms with Crippen LogP contribution in [0.5, 0.6) is 0 Å². The van der Waals surface area contributed by atoms with E-state index in [0.29, 0.717) is 12.8 Å². The summed E-state index contributed by atoms with van der Waals surface area (Å²) in [6.45, 7) is 0. The fourth-order valence-corrected chi connectivity index (χ4v) is 3.59. The van der Waals surface area contributed by atoms with Crippen molar-refractivity contribution in [3.05, 3.63) is 35.4 Å². The molecule has 18 heavy (non-hydrogen) atoms. The molecular weight excluding hydrogens is 236 g/mol. The number of rotatable bonds is 1. The smallest absolute Gasteiger partial charge is 0.132 e. The molecule has 0 spiro atoms. The van der Waals surface area contributed by atoms with Crippen molar-refractivity contribution < 1.29 is 13.9 Å². The van der Waals surface area contributed by atoms with E-state index in [0.717, 1.165) is 12.8 Å². The van der Waals surface area contributed by atoms with Crippen LogP contribution in [-0.2, 0) is 5.60 Å². The average Bonchev–Trinajstić information content (AvgIpc) is 2.54. The first-order valence-corrected chi connectivity index (χ1v) is 6.40. The Kier molecular flexibility index (Phi) is 2.68. The predicted molar refractivity (Wildman–Crippen MR) is 64.1 cm³/mol. The number of nitrogens with zero attached hydrogens (tertiary/aromatic N) is 1. The quantitative estimate of drug-likeness (QED) is 0.830. The number of aliphatic hydroxyl groups is 1. The zero-order valence-electron chi connectivity index (χ0n) is 10.4. The van der Waals surface area contributed by atoms with Crippen LogP contribution in [0.15, 0.2) is 18.2 Å². The second kappa shape index (κ2) is 4.00. The molecule has 2 atom stereocenters. The third-order valence-corrected chi connectivity index (χ3v) is 4.56. The standard InChI is InChI=1S/C14H17F2NO/c1-17-9-5-6-10(17)8-14(18,7-9)13-11(15)3-2-4-12(13)16/h2-4,9-10,18H,5-8H2,1H3. The van der Waals surface area contributed by atoms with E-state index >= 15 is 0 Å². The molecule has 3 rings (SSSR count). The minimum atomic E-state index is -1.35. The Bertz CT molecular complexity index is 443. The van der Waals surface area contributed by atoms with Crippen LogP contribution in [0.3, 0.4) is 0 Å². The summed E-state index contributed by atoms with van der Waals surface area (Å²) in [5.41, 5.74) is -1.50. The minimum Gasteiger partial charge on any atom is -0.385 e. The highest BCUT2D eigenvalue weighted by molar-refractivity contribution is 5.28. The van der Waals surface area contributed by atoms with Gasteiger partial charge in [0.2, 0.25) is 0 Å². The van der Waals surface area contributed by atoms with Crippen LogP contribution in [0.2, 0.25) is 0 Å². The molecule has 1 aromatic carbocycles. The van der Waals surface area contributed by atoms with Gasteiger partial charge in [0.05, 0.1) is 11.2 Å². The van der Waals surface area contributed by atoms with Crippen LogP contribution in [0.4, 0.5) is 8.78 Å². The molecule has 2 aliphatic heterocycles. The van der Waals surface area contributed by atoms with Gasteiger partial charge in [-0.3, -0.25) is 0 Å². The molecule has 0 radical (unpaired) electrons. The van der Waals surface area contributed by atoms with Crippen LogP contribution < -0.4 is 0 Å². The molecule has 2 fully saturated rings. The van der Waals surface area contributed by atoms with E-state index in [1.807, 2.05) is 7.05 Å². The van der Waals surface area contributed by atoms with Crippen molar-refractivity contribution >= 4 is 0 Å². The monoisotopic (exact) mass is 253 g/mol. The minimum absolute atomic E-state index is 0.144. The molecule has 0 amide bonds. The van der Waals surface area contributed by atoms with E-state index in [1.54, 1.807) is 0 Å². The molecule has 2 heterocycles. The third-order valence-electron chi connectivity index (χ3n) is 4.56. The van der Waals surface area contributed by atoms with Gasteiger partial charge < -0.3 is 10.0 Å². The summed E-state index contributed by atoms with van der Waals surface area (Å²) in [6, 6.07) is 4.23. The molecule has 2 nitrogen and oxygen atoms in total. The van der Waals surface area contributed by atoms with Crippen molar-refractivity contribution in [2.45, 2.75) is 43.4 Å². The topological polar surface area (TPSA) is 23.5 Å². The molecule has 98 valence electrons. The lowest BCUT2D eigenvalue weighted by atomic mass is 9.80. The summed E-state index contributed by atoms with van der Waals surface area (Å²) < 4.78 is 27.7. The number of piperidine rings is 1. The Morgan fingerprint density at radius 2 is 1.67 bits per heavy atom. The largest absolute Gasteiger partial charge is 0.385 e. The van der Waals surface area contributed by atoms with Gasteiger partial charge in [-0.05, 0) is 44.9 Å². The highest BCUT2D eigenvalue weighted by atomic mass is 19.1. The van der Waals surface area contributed by atoms with Gasteiger partial charge in [0.25, 0.3) is 0 Å². The molecule has 1 N–H and O–H groups in total. The fraction of sp³-hybridized carbons (Fsp3) is 0.571. The van der Waals surface area contributed by atoms with E-state index in [4.69, 9.17) is 0 Å². The van der Waals surface area contributed by atoms with Crippen LogP contribution in [0, 0.1) is 11.6 Å². The molecule has 0 aliphatic carbocycles. The molecule has 0 aromatic heterocycles. The van der Waals surface area contributed by atoms with Crippen molar-refractivity contribution in [1.82, 2.24) is 4.90 Å². The molecule has 2 saturated heterocycles. The van der Waals surface area contributed by atoms with Gasteiger partial charge in [0.1, 0.15) is 11.6 Å². The van der Waals surface area contributed by atoms with Crippen LogP contribution in [0.1, 0.15) is 31.2 Å². The van der Waals surface area contributed by atoms with Gasteiger partial charge in [0, 0.05) is 12.1 Å². The van der Waals surface area contributed by atoms with Gasteiger partial charge in [0.15, 0.2) is 0 Å². The predicted octanol–water partition coefficient (Wildman–Crippen LogP) is 2.41. The summed E-state index contributed by atoms with van der Waals surface area (Å²) >= 11 is 0. The zero-order valence-corrected chi connectivity index (χ0v) is 10.4. The van der Waals surface area contributed by atoms with Crippen molar-refractivity contribution in [3.8, 4) is 0 Å². The molecule has 2 bridgehead atoms. The normalized spacial score (nSPS) is 36.0.